The van der Waals surface area contributed by atoms with Gasteiger partial charge in [0.15, 0.2) is 11.6 Å². The van der Waals surface area contributed by atoms with Crippen LogP contribution < -0.4 is 0 Å². The van der Waals surface area contributed by atoms with Gasteiger partial charge in [0.1, 0.15) is 0 Å². The van der Waals surface area contributed by atoms with Crippen LogP contribution in [0.2, 0.25) is 0 Å². The van der Waals surface area contributed by atoms with E-state index in [9.17, 15) is 20.4 Å². The van der Waals surface area contributed by atoms with Crippen molar-refractivity contribution in [3.63, 3.8) is 0 Å². The molecule has 0 aromatic carbocycles. The summed E-state index contributed by atoms with van der Waals surface area (Å²) in [6.45, 7) is 8.84. The standard InChI is InChI=1S/C25H44O4/c1-16(9-12-24(4,26)27)19-7-8-20-18-6-5-17-15-25(28,29)14-13-22(17,2)21(18)10-11-23(19,20)3/h16-21,26-29H,5-15H2,1-4H3/t16-,17+,18+,19-,20+,21+,22+,23-/m1/s1. The van der Waals surface area contributed by atoms with Crippen molar-refractivity contribution in [2.75, 3.05) is 0 Å². The maximum Gasteiger partial charge on any atom is 0.162 e. The topological polar surface area (TPSA) is 80.9 Å². The van der Waals surface area contributed by atoms with Crippen LogP contribution >= 0.6 is 0 Å². The molecule has 0 bridgehead atoms. The molecule has 0 radical (unpaired) electrons. The first-order valence-electron chi connectivity index (χ1n) is 12.3. The van der Waals surface area contributed by atoms with Crippen molar-refractivity contribution < 1.29 is 20.4 Å². The molecule has 8 atom stereocenters. The van der Waals surface area contributed by atoms with Crippen molar-refractivity contribution in [1.82, 2.24) is 0 Å². The van der Waals surface area contributed by atoms with Gasteiger partial charge in [-0.3, -0.25) is 0 Å². The Morgan fingerprint density at radius 2 is 1.59 bits per heavy atom. The molecule has 4 saturated carbocycles. The van der Waals surface area contributed by atoms with Gasteiger partial charge in [-0.15, -0.1) is 0 Å². The molecule has 4 aliphatic rings. The lowest BCUT2D eigenvalue weighted by Gasteiger charge is -2.61. The molecule has 0 amide bonds. The number of aliphatic hydroxyl groups is 4. The molecule has 0 aliphatic heterocycles. The monoisotopic (exact) mass is 408 g/mol. The van der Waals surface area contributed by atoms with E-state index in [1.807, 2.05) is 0 Å². The Kier molecular flexibility index (Phi) is 5.46. The quantitative estimate of drug-likeness (QED) is 0.518. The summed E-state index contributed by atoms with van der Waals surface area (Å²) in [5.41, 5.74) is 0.663. The second-order valence-electron chi connectivity index (χ2n) is 12.3. The van der Waals surface area contributed by atoms with Crippen molar-refractivity contribution in [1.29, 1.82) is 0 Å². The van der Waals surface area contributed by atoms with Crippen LogP contribution in [-0.2, 0) is 0 Å². The van der Waals surface area contributed by atoms with Crippen LogP contribution in [0.1, 0.15) is 98.3 Å². The molecule has 4 nitrogen and oxygen atoms in total. The fourth-order valence-corrected chi connectivity index (χ4v) is 8.90. The summed E-state index contributed by atoms with van der Waals surface area (Å²) < 4.78 is 0. The molecule has 168 valence electrons. The normalized spacial score (nSPS) is 47.8. The molecular weight excluding hydrogens is 364 g/mol. The highest BCUT2D eigenvalue weighted by molar-refractivity contribution is 5.10. The van der Waals surface area contributed by atoms with Crippen LogP contribution in [0.25, 0.3) is 0 Å². The minimum Gasteiger partial charge on any atom is -0.366 e. The Labute approximate surface area is 177 Å². The molecule has 0 aromatic rings. The Balaban J connectivity index is 1.49. The summed E-state index contributed by atoms with van der Waals surface area (Å²) in [6, 6.07) is 0. The first-order valence-corrected chi connectivity index (χ1v) is 12.3. The highest BCUT2D eigenvalue weighted by Gasteiger charge is 2.61. The zero-order chi connectivity index (χ0) is 21.2. The zero-order valence-corrected chi connectivity index (χ0v) is 19.0. The van der Waals surface area contributed by atoms with Crippen molar-refractivity contribution >= 4 is 0 Å². The second-order valence-corrected chi connectivity index (χ2v) is 12.3. The molecule has 0 unspecified atom stereocenters. The van der Waals surface area contributed by atoms with Gasteiger partial charge in [-0.1, -0.05) is 20.8 Å². The van der Waals surface area contributed by atoms with Crippen molar-refractivity contribution in [3.8, 4) is 0 Å². The van der Waals surface area contributed by atoms with E-state index in [-0.39, 0.29) is 5.41 Å². The highest BCUT2D eigenvalue weighted by atomic mass is 16.5. The van der Waals surface area contributed by atoms with E-state index in [1.165, 1.54) is 39.0 Å². The van der Waals surface area contributed by atoms with Crippen molar-refractivity contribution in [3.05, 3.63) is 0 Å². The fourth-order valence-electron chi connectivity index (χ4n) is 8.90. The van der Waals surface area contributed by atoms with Gasteiger partial charge in [0.25, 0.3) is 0 Å². The van der Waals surface area contributed by atoms with Gasteiger partial charge in [-0.05, 0) is 105 Å². The second kappa shape index (κ2) is 7.18. The van der Waals surface area contributed by atoms with Gasteiger partial charge in [0, 0.05) is 19.3 Å². The van der Waals surface area contributed by atoms with Crippen molar-refractivity contribution in [2.45, 2.75) is 110 Å². The molecule has 0 heterocycles. The molecule has 29 heavy (non-hydrogen) atoms. The van der Waals surface area contributed by atoms with Crippen LogP contribution in [0.15, 0.2) is 0 Å². The van der Waals surface area contributed by atoms with E-state index in [4.69, 9.17) is 0 Å². The van der Waals surface area contributed by atoms with Gasteiger partial charge in [0.05, 0.1) is 0 Å². The lowest BCUT2D eigenvalue weighted by Crippen LogP contribution is -2.56. The van der Waals surface area contributed by atoms with Crippen LogP contribution in [0.3, 0.4) is 0 Å². The van der Waals surface area contributed by atoms with E-state index in [0.717, 1.165) is 37.0 Å². The van der Waals surface area contributed by atoms with E-state index in [0.29, 0.717) is 42.4 Å². The zero-order valence-electron chi connectivity index (χ0n) is 19.0. The van der Waals surface area contributed by atoms with Gasteiger partial charge in [-0.25, -0.2) is 0 Å². The van der Waals surface area contributed by atoms with Crippen LogP contribution in [-0.4, -0.2) is 32.0 Å². The lowest BCUT2D eigenvalue weighted by atomic mass is 9.44. The number of hydrogen-bond acceptors (Lipinski definition) is 4. The van der Waals surface area contributed by atoms with Gasteiger partial charge in [0.2, 0.25) is 0 Å². The van der Waals surface area contributed by atoms with Gasteiger partial charge < -0.3 is 20.4 Å². The third kappa shape index (κ3) is 3.81. The van der Waals surface area contributed by atoms with E-state index in [1.54, 1.807) is 0 Å². The first kappa shape index (κ1) is 22.0. The minimum atomic E-state index is -1.55. The third-order valence-corrected chi connectivity index (χ3v) is 10.5. The molecule has 4 rings (SSSR count). The Hall–Kier alpha value is -0.160. The molecular formula is C25H44O4. The summed E-state index contributed by atoms with van der Waals surface area (Å²) in [7, 11) is 0. The van der Waals surface area contributed by atoms with E-state index >= 15 is 0 Å². The lowest BCUT2D eigenvalue weighted by molar-refractivity contribution is -0.233. The first-order chi connectivity index (χ1) is 13.4. The van der Waals surface area contributed by atoms with Gasteiger partial charge >= 0.3 is 0 Å². The average molecular weight is 409 g/mol. The van der Waals surface area contributed by atoms with Crippen LogP contribution in [0, 0.1) is 46.3 Å². The van der Waals surface area contributed by atoms with Crippen molar-refractivity contribution in [2.24, 2.45) is 46.3 Å². The average Bonchev–Trinajstić information content (AvgIpc) is 2.97. The summed E-state index contributed by atoms with van der Waals surface area (Å²) >= 11 is 0. The summed E-state index contributed by atoms with van der Waals surface area (Å²) in [4.78, 5) is 0. The van der Waals surface area contributed by atoms with Crippen LogP contribution in [0.4, 0.5) is 0 Å². The largest absolute Gasteiger partial charge is 0.366 e. The third-order valence-electron chi connectivity index (χ3n) is 10.5. The SMILES string of the molecule is C[C@H](CCC(C)(O)O)[C@H]1CC[C@H]2[C@@H]3CC[C@H]4CC(O)(O)CC[C@]4(C)[C@H]3CC[C@]12C. The van der Waals surface area contributed by atoms with E-state index in [2.05, 4.69) is 20.8 Å². The molecule has 0 spiro atoms. The van der Waals surface area contributed by atoms with Crippen LogP contribution in [0.5, 0.6) is 0 Å². The summed E-state index contributed by atoms with van der Waals surface area (Å²) in [6.07, 6.45) is 11.0. The number of rotatable bonds is 4. The highest BCUT2D eigenvalue weighted by Crippen LogP contribution is 2.68. The Bertz CT molecular complexity index is 610. The predicted octanol–water partition coefficient (Wildman–Crippen LogP) is 4.44. The van der Waals surface area contributed by atoms with Gasteiger partial charge in [-0.2, -0.15) is 0 Å². The smallest absolute Gasteiger partial charge is 0.162 e. The molecule has 4 heteroatoms. The molecule has 4 fully saturated rings. The minimum absolute atomic E-state index is 0.276. The number of fused-ring (bicyclic) bond motifs is 5. The molecule has 0 aromatic heterocycles. The fraction of sp³-hybridized carbons (Fsp3) is 1.00. The summed E-state index contributed by atoms with van der Waals surface area (Å²) in [5, 5.41) is 40.0. The van der Waals surface area contributed by atoms with E-state index < -0.39 is 11.6 Å². The Morgan fingerprint density at radius 1 is 0.897 bits per heavy atom. The molecule has 4 aliphatic carbocycles. The summed E-state index contributed by atoms with van der Waals surface area (Å²) in [5.74, 6) is 1.01. The Morgan fingerprint density at radius 3 is 2.28 bits per heavy atom. The molecule has 4 N–H and O–H groups in total. The molecule has 0 saturated heterocycles. The maximum absolute atomic E-state index is 10.2. The predicted molar refractivity (Wildman–Crippen MR) is 114 cm³/mol. The maximum atomic E-state index is 10.2. The number of hydrogen-bond donors (Lipinski definition) is 4.